The monoisotopic (exact) mass is 484 g/mol. The maximum Gasteiger partial charge on any atom is 0.269 e. The van der Waals surface area contributed by atoms with Gasteiger partial charge >= 0.3 is 0 Å². The van der Waals surface area contributed by atoms with E-state index in [1.807, 2.05) is 6.92 Å². The third-order valence-corrected chi connectivity index (χ3v) is 8.43. The molecule has 0 unspecified atom stereocenters. The number of primary amides is 1. The molecule has 3 aromatic heterocycles. The summed E-state index contributed by atoms with van der Waals surface area (Å²) >= 11 is 0. The van der Waals surface area contributed by atoms with Crippen LogP contribution in [-0.4, -0.2) is 52.5 Å². The average Bonchev–Trinajstić information content (AvgIpc) is 3.41. The van der Waals surface area contributed by atoms with Gasteiger partial charge in [-0.15, -0.1) is 0 Å². The molecule has 34 heavy (non-hydrogen) atoms. The summed E-state index contributed by atoms with van der Waals surface area (Å²) in [6, 6.07) is 8.05. The number of fused-ring (bicyclic) bond motifs is 3. The number of imidazole rings is 1. The predicted molar refractivity (Wildman–Crippen MR) is 126 cm³/mol. The van der Waals surface area contributed by atoms with E-state index in [0.717, 1.165) is 3.97 Å². The molecule has 9 nitrogen and oxygen atoms in total. The first-order valence-electron chi connectivity index (χ1n) is 11.1. The number of nitrogens with one attached hydrogen (secondary N) is 2. The molecule has 0 spiro atoms. The number of H-pyrrole nitrogens is 1. The fourth-order valence-electron chi connectivity index (χ4n) is 4.98. The van der Waals surface area contributed by atoms with Crippen LogP contribution >= 0.6 is 0 Å². The predicted octanol–water partition coefficient (Wildman–Crippen LogP) is 2.16. The molecule has 0 saturated carbocycles. The number of hydrogen-bond acceptors (Lipinski definition) is 6. The summed E-state index contributed by atoms with van der Waals surface area (Å²) in [5.74, 6) is -0.214. The maximum absolute atomic E-state index is 15.6. The molecule has 1 amide bonds. The Balaban J connectivity index is 1.86. The molecule has 0 radical (unpaired) electrons. The first-order valence-corrected chi connectivity index (χ1v) is 12.5. The third kappa shape index (κ3) is 3.38. The van der Waals surface area contributed by atoms with Gasteiger partial charge in [-0.2, -0.15) is 0 Å². The van der Waals surface area contributed by atoms with Crippen molar-refractivity contribution in [3.05, 3.63) is 54.1 Å². The third-order valence-electron chi connectivity index (χ3n) is 6.76. The Labute approximate surface area is 195 Å². The lowest BCUT2D eigenvalue weighted by atomic mass is 9.70. The highest BCUT2D eigenvalue weighted by Gasteiger charge is 2.44. The zero-order valence-corrected chi connectivity index (χ0v) is 19.4. The minimum absolute atomic E-state index is 0.101. The molecule has 2 atom stereocenters. The molecule has 5 rings (SSSR count). The highest BCUT2D eigenvalue weighted by molar-refractivity contribution is 7.90. The minimum Gasteiger partial charge on any atom is -0.369 e. The van der Waals surface area contributed by atoms with Gasteiger partial charge in [0.05, 0.1) is 28.4 Å². The summed E-state index contributed by atoms with van der Waals surface area (Å²) in [4.78, 5) is 23.6. The van der Waals surface area contributed by atoms with Crippen molar-refractivity contribution < 1.29 is 17.6 Å². The number of piperidine rings is 1. The van der Waals surface area contributed by atoms with E-state index in [1.165, 1.54) is 24.5 Å². The summed E-state index contributed by atoms with van der Waals surface area (Å²) in [7, 11) is -4.01. The highest BCUT2D eigenvalue weighted by Crippen LogP contribution is 2.44. The van der Waals surface area contributed by atoms with Gasteiger partial charge in [-0.1, -0.05) is 25.1 Å². The Morgan fingerprint density at radius 1 is 1.32 bits per heavy atom. The van der Waals surface area contributed by atoms with Gasteiger partial charge < -0.3 is 16.0 Å². The van der Waals surface area contributed by atoms with E-state index in [9.17, 15) is 13.2 Å². The smallest absolute Gasteiger partial charge is 0.269 e. The normalized spacial score (nSPS) is 21.3. The van der Waals surface area contributed by atoms with Gasteiger partial charge in [-0.05, 0) is 37.1 Å². The van der Waals surface area contributed by atoms with E-state index < -0.39 is 27.5 Å². The van der Waals surface area contributed by atoms with Crippen LogP contribution in [0.3, 0.4) is 0 Å². The van der Waals surface area contributed by atoms with Crippen molar-refractivity contribution in [3.8, 4) is 0 Å². The molecule has 178 valence electrons. The lowest BCUT2D eigenvalue weighted by molar-refractivity contribution is -0.117. The van der Waals surface area contributed by atoms with Crippen LogP contribution in [0.25, 0.3) is 22.1 Å². The number of nitrogens with zero attached hydrogens (tertiary/aromatic N) is 3. The van der Waals surface area contributed by atoms with Crippen molar-refractivity contribution in [2.24, 2.45) is 5.73 Å². The highest BCUT2D eigenvalue weighted by atomic mass is 32.2. The largest absolute Gasteiger partial charge is 0.369 e. The van der Waals surface area contributed by atoms with Gasteiger partial charge in [0.15, 0.2) is 5.65 Å². The second-order valence-corrected chi connectivity index (χ2v) is 10.4. The second kappa shape index (κ2) is 8.17. The Bertz CT molecular complexity index is 1500. The van der Waals surface area contributed by atoms with Crippen molar-refractivity contribution in [1.82, 2.24) is 24.2 Å². The molecule has 4 N–H and O–H groups in total. The summed E-state index contributed by atoms with van der Waals surface area (Å²) in [6.07, 6.45) is 2.60. The van der Waals surface area contributed by atoms with Crippen molar-refractivity contribution in [1.29, 1.82) is 0 Å². The van der Waals surface area contributed by atoms with Gasteiger partial charge in [-0.3, -0.25) is 4.79 Å². The molecule has 1 fully saturated rings. The summed E-state index contributed by atoms with van der Waals surface area (Å²) in [5, 5.41) is 3.55. The molecule has 1 aromatic carbocycles. The number of amides is 1. The van der Waals surface area contributed by atoms with Gasteiger partial charge in [0.25, 0.3) is 10.0 Å². The van der Waals surface area contributed by atoms with Crippen molar-refractivity contribution in [2.45, 2.75) is 42.7 Å². The Morgan fingerprint density at radius 3 is 2.76 bits per heavy atom. The number of aromatic nitrogens is 4. The topological polar surface area (TPSA) is 136 Å². The molecular formula is C23H25FN6O3S. The van der Waals surface area contributed by atoms with Crippen LogP contribution in [0.4, 0.5) is 4.39 Å². The Kier molecular flexibility index (Phi) is 5.40. The van der Waals surface area contributed by atoms with Gasteiger partial charge in [0, 0.05) is 18.2 Å². The van der Waals surface area contributed by atoms with Crippen LogP contribution in [0.5, 0.6) is 0 Å². The lowest BCUT2D eigenvalue weighted by Gasteiger charge is -2.40. The fourth-order valence-corrected chi connectivity index (χ4v) is 6.31. The molecule has 1 saturated heterocycles. The molecule has 0 aliphatic carbocycles. The number of halogens is 1. The molecular weight excluding hydrogens is 459 g/mol. The number of pyridine rings is 1. The standard InChI is InChI=1S/C23H25FN6O3S/c1-2-23(8-9-26-12-17(23)24)15-13-30(34(32,33)14-6-4-3-5-7-14)22-20(15)21-16(11-27-22)28-19(29-21)10-18(25)31/h3-7,11,13,17,26H,2,8-10,12H2,1H3,(H2,25,31)(H,28,29)/t17-,23-/m1/s1. The van der Waals surface area contributed by atoms with Crippen LogP contribution in [0.1, 0.15) is 31.2 Å². The Morgan fingerprint density at radius 2 is 2.09 bits per heavy atom. The molecule has 1 aliphatic rings. The molecule has 1 aliphatic heterocycles. The maximum atomic E-state index is 15.6. The van der Waals surface area contributed by atoms with Crippen LogP contribution in [0.2, 0.25) is 0 Å². The second-order valence-electron chi connectivity index (χ2n) is 8.63. The summed E-state index contributed by atoms with van der Waals surface area (Å²) < 4.78 is 44.0. The first kappa shape index (κ1) is 22.5. The number of rotatable bonds is 6. The number of aromatic amines is 1. The van der Waals surface area contributed by atoms with E-state index in [-0.39, 0.29) is 23.5 Å². The number of nitrogens with two attached hydrogens (primary N) is 1. The van der Waals surface area contributed by atoms with Gasteiger partial charge in [0.1, 0.15) is 17.5 Å². The number of carbonyl (C=O) groups excluding carboxylic acids is 1. The Hall–Kier alpha value is -3.31. The zero-order chi connectivity index (χ0) is 24.1. The zero-order valence-electron chi connectivity index (χ0n) is 18.6. The number of carbonyl (C=O) groups is 1. The quantitative estimate of drug-likeness (QED) is 0.384. The van der Waals surface area contributed by atoms with Gasteiger partial charge in [-0.25, -0.2) is 26.7 Å². The van der Waals surface area contributed by atoms with E-state index in [0.29, 0.717) is 47.2 Å². The van der Waals surface area contributed by atoms with E-state index >= 15 is 4.39 Å². The number of benzene rings is 1. The van der Waals surface area contributed by atoms with Crippen molar-refractivity contribution in [3.63, 3.8) is 0 Å². The fraction of sp³-hybridized carbons (Fsp3) is 0.348. The van der Waals surface area contributed by atoms with Gasteiger partial charge in [0.2, 0.25) is 5.91 Å². The van der Waals surface area contributed by atoms with E-state index in [4.69, 9.17) is 5.73 Å². The lowest BCUT2D eigenvalue weighted by Crippen LogP contribution is -2.49. The summed E-state index contributed by atoms with van der Waals surface area (Å²) in [6.45, 7) is 2.68. The molecule has 11 heteroatoms. The minimum atomic E-state index is -4.01. The SMILES string of the molecule is CC[C@]1(c2cn(S(=O)(=O)c3ccccc3)c3ncc4[nH]c(CC(N)=O)nc4c23)CCNC[C@H]1F. The molecule has 4 aromatic rings. The van der Waals surface area contributed by atoms with E-state index in [2.05, 4.69) is 20.3 Å². The van der Waals surface area contributed by atoms with Crippen LogP contribution in [0, 0.1) is 0 Å². The van der Waals surface area contributed by atoms with Crippen LogP contribution in [0.15, 0.2) is 47.6 Å². The summed E-state index contributed by atoms with van der Waals surface area (Å²) in [5.41, 5.74) is 6.10. The molecule has 0 bridgehead atoms. The average molecular weight is 485 g/mol. The number of hydrogen-bond donors (Lipinski definition) is 3. The van der Waals surface area contributed by atoms with Crippen molar-refractivity contribution >= 4 is 38.0 Å². The van der Waals surface area contributed by atoms with Crippen LogP contribution < -0.4 is 11.1 Å². The van der Waals surface area contributed by atoms with Crippen LogP contribution in [-0.2, 0) is 26.7 Å². The first-order chi connectivity index (χ1) is 16.3. The van der Waals surface area contributed by atoms with E-state index in [1.54, 1.807) is 18.2 Å². The molecule has 4 heterocycles. The van der Waals surface area contributed by atoms with Crippen molar-refractivity contribution in [2.75, 3.05) is 13.1 Å². The number of alkyl halides is 1.